The van der Waals surface area contributed by atoms with Gasteiger partial charge in [-0.15, -0.1) is 0 Å². The number of fused-ring (bicyclic) bond motifs is 1. The van der Waals surface area contributed by atoms with E-state index in [1.807, 2.05) is 29.2 Å². The molecule has 0 spiro atoms. The maximum Gasteiger partial charge on any atom is 0.254 e. The van der Waals surface area contributed by atoms with E-state index >= 15 is 0 Å². The third kappa shape index (κ3) is 2.34. The molecule has 0 aromatic carbocycles. The molecule has 2 fully saturated rings. The third-order valence-corrected chi connectivity index (χ3v) is 3.50. The second-order valence-electron chi connectivity index (χ2n) is 4.73. The highest BCUT2D eigenvalue weighted by Crippen LogP contribution is 2.21. The molecular formula is C13H18N2O3. The van der Waals surface area contributed by atoms with Gasteiger partial charge in [0.2, 0.25) is 0 Å². The first-order chi connectivity index (χ1) is 8.84. The zero-order valence-electron chi connectivity index (χ0n) is 10.2. The van der Waals surface area contributed by atoms with E-state index in [1.165, 1.54) is 0 Å². The van der Waals surface area contributed by atoms with Gasteiger partial charge in [-0.2, -0.15) is 0 Å². The highest BCUT2D eigenvalue weighted by Gasteiger charge is 2.35. The van der Waals surface area contributed by atoms with Crippen molar-refractivity contribution in [1.29, 1.82) is 0 Å². The predicted molar refractivity (Wildman–Crippen MR) is 66.1 cm³/mol. The molecule has 0 radical (unpaired) electrons. The standard InChI is InChI=1S/C13H18N2O3/c16-13(15-7-5-14-6-8-15)12-9-17-10-3-1-2-4-11(10)18-12/h1-4,10-12,14H,5-9H2/t10-,11-,12-/m0/s1. The molecule has 2 heterocycles. The quantitative estimate of drug-likeness (QED) is 0.694. The minimum absolute atomic E-state index is 0.0397. The molecular weight excluding hydrogens is 232 g/mol. The molecule has 3 atom stereocenters. The number of ether oxygens (including phenoxy) is 2. The number of nitrogens with one attached hydrogen (secondary N) is 1. The number of amides is 1. The Bertz CT molecular complexity index is 374. The Morgan fingerprint density at radius 2 is 1.89 bits per heavy atom. The topological polar surface area (TPSA) is 50.8 Å². The molecule has 2 aliphatic heterocycles. The average molecular weight is 250 g/mol. The van der Waals surface area contributed by atoms with Crippen LogP contribution in [0.2, 0.25) is 0 Å². The van der Waals surface area contributed by atoms with Gasteiger partial charge in [0, 0.05) is 26.2 Å². The Kier molecular flexibility index (Phi) is 3.45. The SMILES string of the molecule is O=C([C@@H]1CO[C@H]2C=CC=C[C@@H]2O1)N1CCNCC1. The monoisotopic (exact) mass is 250 g/mol. The van der Waals surface area contributed by atoms with Gasteiger partial charge in [-0.05, 0) is 0 Å². The van der Waals surface area contributed by atoms with Crippen LogP contribution in [0.4, 0.5) is 0 Å². The largest absolute Gasteiger partial charge is 0.368 e. The molecule has 3 rings (SSSR count). The van der Waals surface area contributed by atoms with Crippen LogP contribution in [-0.4, -0.2) is 61.9 Å². The molecule has 0 aromatic rings. The molecule has 0 saturated carbocycles. The minimum Gasteiger partial charge on any atom is -0.368 e. The van der Waals surface area contributed by atoms with E-state index in [2.05, 4.69) is 5.32 Å². The van der Waals surface area contributed by atoms with Gasteiger partial charge in [0.15, 0.2) is 6.10 Å². The van der Waals surface area contributed by atoms with E-state index in [4.69, 9.17) is 9.47 Å². The molecule has 98 valence electrons. The highest BCUT2D eigenvalue weighted by atomic mass is 16.6. The Morgan fingerprint density at radius 1 is 1.17 bits per heavy atom. The van der Waals surface area contributed by atoms with Gasteiger partial charge < -0.3 is 19.7 Å². The Morgan fingerprint density at radius 3 is 2.67 bits per heavy atom. The van der Waals surface area contributed by atoms with E-state index in [0.717, 1.165) is 26.2 Å². The smallest absolute Gasteiger partial charge is 0.254 e. The fourth-order valence-corrected chi connectivity index (χ4v) is 2.49. The number of piperazine rings is 1. The summed E-state index contributed by atoms with van der Waals surface area (Å²) >= 11 is 0. The lowest BCUT2D eigenvalue weighted by Gasteiger charge is -2.37. The summed E-state index contributed by atoms with van der Waals surface area (Å²) in [5, 5.41) is 3.23. The van der Waals surface area contributed by atoms with Crippen LogP contribution in [0.25, 0.3) is 0 Å². The molecule has 2 saturated heterocycles. The van der Waals surface area contributed by atoms with Crippen molar-refractivity contribution >= 4 is 5.91 Å². The number of nitrogens with zero attached hydrogens (tertiary/aromatic N) is 1. The number of hydrogen-bond acceptors (Lipinski definition) is 4. The van der Waals surface area contributed by atoms with E-state index in [0.29, 0.717) is 6.61 Å². The van der Waals surface area contributed by atoms with Crippen molar-refractivity contribution in [3.63, 3.8) is 0 Å². The molecule has 0 aromatic heterocycles. The van der Waals surface area contributed by atoms with Crippen molar-refractivity contribution in [3.8, 4) is 0 Å². The van der Waals surface area contributed by atoms with E-state index in [1.54, 1.807) is 0 Å². The fourth-order valence-electron chi connectivity index (χ4n) is 2.49. The lowest BCUT2D eigenvalue weighted by atomic mass is 10.1. The van der Waals surface area contributed by atoms with Crippen molar-refractivity contribution in [1.82, 2.24) is 10.2 Å². The average Bonchev–Trinajstić information content (AvgIpc) is 2.47. The van der Waals surface area contributed by atoms with Gasteiger partial charge in [0.25, 0.3) is 5.91 Å². The van der Waals surface area contributed by atoms with Gasteiger partial charge in [0.1, 0.15) is 12.2 Å². The summed E-state index contributed by atoms with van der Waals surface area (Å²) in [6.45, 7) is 3.56. The Labute approximate surface area is 106 Å². The molecule has 1 amide bonds. The van der Waals surface area contributed by atoms with Crippen LogP contribution >= 0.6 is 0 Å². The summed E-state index contributed by atoms with van der Waals surface area (Å²) in [4.78, 5) is 14.1. The molecule has 0 bridgehead atoms. The summed E-state index contributed by atoms with van der Waals surface area (Å²) in [5.41, 5.74) is 0. The van der Waals surface area contributed by atoms with Crippen molar-refractivity contribution < 1.29 is 14.3 Å². The minimum atomic E-state index is -0.458. The van der Waals surface area contributed by atoms with Crippen molar-refractivity contribution in [3.05, 3.63) is 24.3 Å². The summed E-state index contributed by atoms with van der Waals surface area (Å²) in [7, 11) is 0. The first kappa shape index (κ1) is 11.9. The molecule has 5 heteroatoms. The van der Waals surface area contributed by atoms with E-state index in [-0.39, 0.29) is 18.1 Å². The Hall–Kier alpha value is -1.17. The van der Waals surface area contributed by atoms with Gasteiger partial charge in [-0.3, -0.25) is 4.79 Å². The number of rotatable bonds is 1. The van der Waals surface area contributed by atoms with Crippen LogP contribution in [0.15, 0.2) is 24.3 Å². The third-order valence-electron chi connectivity index (χ3n) is 3.50. The van der Waals surface area contributed by atoms with Crippen molar-refractivity contribution in [2.45, 2.75) is 18.3 Å². The molecule has 1 aliphatic carbocycles. The van der Waals surface area contributed by atoms with Crippen LogP contribution in [-0.2, 0) is 14.3 Å². The van der Waals surface area contributed by atoms with Crippen LogP contribution in [0.1, 0.15) is 0 Å². The summed E-state index contributed by atoms with van der Waals surface area (Å²) in [6.07, 6.45) is 7.17. The first-order valence-electron chi connectivity index (χ1n) is 6.46. The number of carbonyl (C=O) groups excluding carboxylic acids is 1. The Balaban J connectivity index is 1.61. The van der Waals surface area contributed by atoms with Crippen molar-refractivity contribution in [2.75, 3.05) is 32.8 Å². The zero-order valence-corrected chi connectivity index (χ0v) is 10.2. The summed E-state index contributed by atoms with van der Waals surface area (Å²) in [5.74, 6) is 0.0536. The highest BCUT2D eigenvalue weighted by molar-refractivity contribution is 5.81. The molecule has 1 N–H and O–H groups in total. The molecule has 0 unspecified atom stereocenters. The second-order valence-corrected chi connectivity index (χ2v) is 4.73. The second kappa shape index (κ2) is 5.22. The van der Waals surface area contributed by atoms with Gasteiger partial charge in [-0.25, -0.2) is 0 Å². The van der Waals surface area contributed by atoms with E-state index < -0.39 is 6.10 Å². The predicted octanol–water partition coefficient (Wildman–Crippen LogP) is -0.303. The van der Waals surface area contributed by atoms with Gasteiger partial charge >= 0.3 is 0 Å². The van der Waals surface area contributed by atoms with Crippen LogP contribution in [0, 0.1) is 0 Å². The van der Waals surface area contributed by atoms with Crippen molar-refractivity contribution in [2.24, 2.45) is 0 Å². The maximum absolute atomic E-state index is 12.3. The van der Waals surface area contributed by atoms with Crippen LogP contribution in [0.3, 0.4) is 0 Å². The maximum atomic E-state index is 12.3. The zero-order chi connectivity index (χ0) is 12.4. The number of hydrogen-bond donors (Lipinski definition) is 1. The lowest BCUT2D eigenvalue weighted by molar-refractivity contribution is -0.177. The summed E-state index contributed by atoms with van der Waals surface area (Å²) in [6, 6.07) is 0. The first-order valence-corrected chi connectivity index (χ1v) is 6.46. The lowest BCUT2D eigenvalue weighted by Crippen LogP contribution is -2.54. The van der Waals surface area contributed by atoms with Crippen LogP contribution < -0.4 is 5.32 Å². The molecule has 3 aliphatic rings. The van der Waals surface area contributed by atoms with Gasteiger partial charge in [0.05, 0.1) is 6.61 Å². The molecule has 18 heavy (non-hydrogen) atoms. The number of carbonyl (C=O) groups is 1. The van der Waals surface area contributed by atoms with E-state index in [9.17, 15) is 4.79 Å². The fraction of sp³-hybridized carbons (Fsp3) is 0.615. The normalized spacial score (nSPS) is 35.3. The van der Waals surface area contributed by atoms with Gasteiger partial charge in [-0.1, -0.05) is 24.3 Å². The molecule has 5 nitrogen and oxygen atoms in total. The van der Waals surface area contributed by atoms with Crippen LogP contribution in [0.5, 0.6) is 0 Å². The number of allylic oxidation sites excluding steroid dienone is 2. The summed E-state index contributed by atoms with van der Waals surface area (Å²) < 4.78 is 11.5.